The predicted molar refractivity (Wildman–Crippen MR) is 92.9 cm³/mol. The van der Waals surface area contributed by atoms with Crippen molar-refractivity contribution in [1.29, 1.82) is 0 Å². The summed E-state index contributed by atoms with van der Waals surface area (Å²) in [5.41, 5.74) is 2.34. The molecule has 4 rings (SSSR count). The zero-order chi connectivity index (χ0) is 17.4. The van der Waals surface area contributed by atoms with E-state index in [2.05, 4.69) is 20.7 Å². The van der Waals surface area contributed by atoms with Crippen molar-refractivity contribution in [2.45, 2.75) is 0 Å². The molecule has 25 heavy (non-hydrogen) atoms. The Morgan fingerprint density at radius 1 is 1.08 bits per heavy atom. The lowest BCUT2D eigenvalue weighted by atomic mass is 10.1. The molecule has 0 radical (unpaired) electrons. The van der Waals surface area contributed by atoms with E-state index in [0.29, 0.717) is 16.9 Å². The number of aromatic nitrogens is 5. The third-order valence-electron chi connectivity index (χ3n) is 3.93. The van der Waals surface area contributed by atoms with Gasteiger partial charge in [0.1, 0.15) is 0 Å². The highest BCUT2D eigenvalue weighted by atomic mass is 16.2. The van der Waals surface area contributed by atoms with Gasteiger partial charge in [-0.1, -0.05) is 18.2 Å². The van der Waals surface area contributed by atoms with Crippen LogP contribution in [0.3, 0.4) is 0 Å². The Labute approximate surface area is 141 Å². The minimum Gasteiger partial charge on any atom is -0.360 e. The number of tetrazole rings is 1. The molecule has 2 N–H and O–H groups in total. The number of carbonyl (C=O) groups is 1. The number of carbonyl (C=O) groups excluding carboxylic acids is 1. The summed E-state index contributed by atoms with van der Waals surface area (Å²) in [5, 5.41) is 11.2. The predicted octanol–water partition coefficient (Wildman–Crippen LogP) is 1.70. The van der Waals surface area contributed by atoms with Crippen LogP contribution in [0.2, 0.25) is 0 Å². The van der Waals surface area contributed by atoms with Gasteiger partial charge in [-0.2, -0.15) is 9.36 Å². The molecule has 0 aliphatic rings. The van der Waals surface area contributed by atoms with Crippen molar-refractivity contribution in [3.63, 3.8) is 0 Å². The second-order valence-corrected chi connectivity index (χ2v) is 5.55. The van der Waals surface area contributed by atoms with E-state index in [9.17, 15) is 9.59 Å². The Kier molecular flexibility index (Phi) is 3.42. The minimum atomic E-state index is -0.337. The molecular weight excluding hydrogens is 320 g/mol. The van der Waals surface area contributed by atoms with E-state index in [4.69, 9.17) is 0 Å². The topological polar surface area (TPSA) is 97.6 Å². The molecule has 0 atom stereocenters. The number of H-pyrrole nitrogens is 1. The van der Waals surface area contributed by atoms with Gasteiger partial charge in [-0.05, 0) is 40.8 Å². The number of hydrogen-bond donors (Lipinski definition) is 2. The average molecular weight is 334 g/mol. The number of aryl methyl sites for hydroxylation is 1. The Morgan fingerprint density at radius 3 is 2.56 bits per heavy atom. The van der Waals surface area contributed by atoms with Gasteiger partial charge in [0.25, 0.3) is 5.91 Å². The van der Waals surface area contributed by atoms with E-state index in [0.717, 1.165) is 15.6 Å². The monoisotopic (exact) mass is 334 g/mol. The van der Waals surface area contributed by atoms with Crippen molar-refractivity contribution >= 4 is 22.5 Å². The Balaban J connectivity index is 1.58. The van der Waals surface area contributed by atoms with E-state index >= 15 is 0 Å². The fourth-order valence-corrected chi connectivity index (χ4v) is 2.62. The number of anilines is 1. The third kappa shape index (κ3) is 2.59. The Bertz CT molecular complexity index is 1120. The van der Waals surface area contributed by atoms with Crippen LogP contribution in [-0.4, -0.2) is 30.7 Å². The first-order valence-electron chi connectivity index (χ1n) is 7.60. The fraction of sp³-hybridized carbons (Fsp3) is 0.0588. The Hall–Kier alpha value is -3.68. The smallest absolute Gasteiger partial charge is 0.360 e. The lowest BCUT2D eigenvalue weighted by Gasteiger charge is -2.05. The lowest BCUT2D eigenvalue weighted by Crippen LogP contribution is -2.21. The summed E-state index contributed by atoms with van der Waals surface area (Å²) in [6, 6.07) is 14.4. The van der Waals surface area contributed by atoms with Crippen LogP contribution in [0.25, 0.3) is 16.6 Å². The molecule has 2 aromatic heterocycles. The van der Waals surface area contributed by atoms with Crippen LogP contribution < -0.4 is 11.0 Å². The molecule has 124 valence electrons. The van der Waals surface area contributed by atoms with Crippen LogP contribution in [0.5, 0.6) is 0 Å². The van der Waals surface area contributed by atoms with Gasteiger partial charge in [-0.15, -0.1) is 0 Å². The van der Waals surface area contributed by atoms with Gasteiger partial charge in [0.05, 0.1) is 11.3 Å². The fourth-order valence-electron chi connectivity index (χ4n) is 2.62. The number of hydrogen-bond acceptors (Lipinski definition) is 4. The molecule has 2 heterocycles. The number of rotatable bonds is 3. The largest absolute Gasteiger partial charge is 0.368 e. The van der Waals surface area contributed by atoms with Crippen molar-refractivity contribution in [3.8, 4) is 5.69 Å². The van der Waals surface area contributed by atoms with Crippen molar-refractivity contribution in [1.82, 2.24) is 24.8 Å². The van der Waals surface area contributed by atoms with Crippen LogP contribution >= 0.6 is 0 Å². The normalized spacial score (nSPS) is 10.9. The van der Waals surface area contributed by atoms with Crippen LogP contribution in [0.4, 0.5) is 5.69 Å². The summed E-state index contributed by atoms with van der Waals surface area (Å²) in [7, 11) is 1.53. The molecule has 0 saturated carbocycles. The second kappa shape index (κ2) is 5.75. The maximum atomic E-state index is 12.5. The molecule has 4 aromatic rings. The molecule has 1 amide bonds. The van der Waals surface area contributed by atoms with Gasteiger partial charge in [0.2, 0.25) is 0 Å². The molecule has 0 fully saturated rings. The molecular formula is C17H14N6O2. The van der Waals surface area contributed by atoms with Crippen LogP contribution in [0, 0.1) is 0 Å². The van der Waals surface area contributed by atoms with Gasteiger partial charge in [-0.25, -0.2) is 4.79 Å². The number of benzene rings is 2. The SMILES string of the molecule is Cn1nnn(-c2ccc(NC(=O)c3c[nH]c4ccccc34)cc2)c1=O. The quantitative estimate of drug-likeness (QED) is 0.596. The molecule has 0 spiro atoms. The van der Waals surface area contributed by atoms with E-state index in [-0.39, 0.29) is 11.6 Å². The lowest BCUT2D eigenvalue weighted by molar-refractivity contribution is 0.102. The summed E-state index contributed by atoms with van der Waals surface area (Å²) in [6.45, 7) is 0. The van der Waals surface area contributed by atoms with Crippen molar-refractivity contribution in [2.75, 3.05) is 5.32 Å². The number of aromatic amines is 1. The van der Waals surface area contributed by atoms with Crippen LogP contribution in [-0.2, 0) is 7.05 Å². The maximum Gasteiger partial charge on any atom is 0.368 e. The molecule has 2 aromatic carbocycles. The minimum absolute atomic E-state index is 0.207. The Morgan fingerprint density at radius 2 is 1.84 bits per heavy atom. The van der Waals surface area contributed by atoms with Gasteiger partial charge in [0.15, 0.2) is 0 Å². The number of nitrogens with one attached hydrogen (secondary N) is 2. The van der Waals surface area contributed by atoms with Crippen LogP contribution in [0.1, 0.15) is 10.4 Å². The molecule has 0 bridgehead atoms. The zero-order valence-corrected chi connectivity index (χ0v) is 13.3. The van der Waals surface area contributed by atoms with Crippen molar-refractivity contribution in [2.24, 2.45) is 7.05 Å². The molecule has 0 unspecified atom stereocenters. The number of amides is 1. The van der Waals surface area contributed by atoms with E-state index in [1.165, 1.54) is 11.7 Å². The standard InChI is InChI=1S/C17H14N6O2/c1-22-17(25)23(21-20-22)12-8-6-11(7-9-12)19-16(24)14-10-18-15-5-3-2-4-13(14)15/h2-10,18H,1H3,(H,19,24). The average Bonchev–Trinajstić information content (AvgIpc) is 3.20. The number of fused-ring (bicyclic) bond motifs is 1. The molecule has 8 nitrogen and oxygen atoms in total. The number of nitrogens with zero attached hydrogens (tertiary/aromatic N) is 4. The summed E-state index contributed by atoms with van der Waals surface area (Å²) in [6.07, 6.45) is 1.69. The zero-order valence-electron chi connectivity index (χ0n) is 13.3. The van der Waals surface area contributed by atoms with Gasteiger partial charge < -0.3 is 10.3 Å². The highest BCUT2D eigenvalue weighted by Crippen LogP contribution is 2.19. The summed E-state index contributed by atoms with van der Waals surface area (Å²) < 4.78 is 2.33. The van der Waals surface area contributed by atoms with E-state index in [1.807, 2.05) is 24.3 Å². The first-order valence-corrected chi connectivity index (χ1v) is 7.60. The van der Waals surface area contributed by atoms with Gasteiger partial charge >= 0.3 is 5.69 Å². The van der Waals surface area contributed by atoms with Crippen molar-refractivity contribution < 1.29 is 4.79 Å². The second-order valence-electron chi connectivity index (χ2n) is 5.55. The first kappa shape index (κ1) is 14.9. The summed E-state index contributed by atoms with van der Waals surface area (Å²) in [4.78, 5) is 27.4. The summed E-state index contributed by atoms with van der Waals surface area (Å²) in [5.74, 6) is -0.207. The molecule has 0 saturated heterocycles. The third-order valence-corrected chi connectivity index (χ3v) is 3.93. The highest BCUT2D eigenvalue weighted by molar-refractivity contribution is 6.12. The van der Waals surface area contributed by atoms with Crippen LogP contribution in [0.15, 0.2) is 59.5 Å². The molecule has 0 aliphatic carbocycles. The first-order chi connectivity index (χ1) is 12.1. The van der Waals surface area contributed by atoms with Gasteiger partial charge in [0, 0.05) is 29.8 Å². The summed E-state index contributed by atoms with van der Waals surface area (Å²) >= 11 is 0. The van der Waals surface area contributed by atoms with Crippen molar-refractivity contribution in [3.05, 3.63) is 70.8 Å². The maximum absolute atomic E-state index is 12.5. The highest BCUT2D eigenvalue weighted by Gasteiger charge is 2.12. The van der Waals surface area contributed by atoms with E-state index in [1.54, 1.807) is 30.5 Å². The van der Waals surface area contributed by atoms with E-state index < -0.39 is 0 Å². The number of para-hydroxylation sites is 1. The molecule has 8 heteroatoms. The molecule has 0 aliphatic heterocycles. The van der Waals surface area contributed by atoms with Gasteiger partial charge in [-0.3, -0.25) is 4.79 Å².